The van der Waals surface area contributed by atoms with E-state index in [1.54, 1.807) is 11.3 Å². The van der Waals surface area contributed by atoms with Crippen molar-refractivity contribution < 1.29 is 13.5 Å². The average molecular weight is 615 g/mol. The predicted octanol–water partition coefficient (Wildman–Crippen LogP) is 6.83. The summed E-state index contributed by atoms with van der Waals surface area (Å²) in [5, 5.41) is 16.0. The van der Waals surface area contributed by atoms with Crippen LogP contribution in [0.2, 0.25) is 0 Å². The van der Waals surface area contributed by atoms with Crippen LogP contribution in [-0.2, 0) is 0 Å². The second-order valence-corrected chi connectivity index (χ2v) is 13.5. The first-order valence-electron chi connectivity index (χ1n) is 14.4. The lowest BCUT2D eigenvalue weighted by Crippen LogP contribution is -2.51. The molecule has 2 bridgehead atoms. The van der Waals surface area contributed by atoms with Crippen LogP contribution >= 0.6 is 22.7 Å². The summed E-state index contributed by atoms with van der Waals surface area (Å²) in [5.41, 5.74) is 4.45. The van der Waals surface area contributed by atoms with E-state index in [2.05, 4.69) is 45.1 Å². The van der Waals surface area contributed by atoms with Crippen LogP contribution in [0.1, 0.15) is 47.8 Å². The number of piperazine rings is 1. The molecule has 3 fully saturated rings. The normalized spacial score (nSPS) is 22.7. The van der Waals surface area contributed by atoms with Gasteiger partial charge in [0.05, 0.1) is 23.0 Å². The third-order valence-corrected chi connectivity index (χ3v) is 10.9. The van der Waals surface area contributed by atoms with Crippen molar-refractivity contribution >= 4 is 71.3 Å². The third kappa shape index (κ3) is 4.34. The highest BCUT2D eigenvalue weighted by Crippen LogP contribution is 2.49. The van der Waals surface area contributed by atoms with Gasteiger partial charge in [0.2, 0.25) is 0 Å². The van der Waals surface area contributed by atoms with Gasteiger partial charge in [-0.05, 0) is 31.4 Å². The number of aromatic nitrogens is 4. The lowest BCUT2D eigenvalue weighted by atomic mass is 9.94. The van der Waals surface area contributed by atoms with Crippen molar-refractivity contribution in [1.29, 1.82) is 0 Å². The molecule has 4 aromatic heterocycles. The number of hydrogen-bond donors (Lipinski definition) is 2. The van der Waals surface area contributed by atoms with Crippen LogP contribution in [0.4, 0.5) is 14.6 Å². The maximum atomic E-state index is 13.7. The molecule has 11 heteroatoms. The zero-order valence-corrected chi connectivity index (χ0v) is 25.0. The van der Waals surface area contributed by atoms with E-state index < -0.39 is 11.8 Å². The first-order chi connectivity index (χ1) is 20.8. The number of terminal acetylenes is 1. The van der Waals surface area contributed by atoms with Crippen LogP contribution in [0, 0.1) is 18.3 Å². The highest BCUT2D eigenvalue weighted by atomic mass is 32.1. The molecule has 1 saturated carbocycles. The van der Waals surface area contributed by atoms with E-state index >= 15 is 0 Å². The molecule has 8 rings (SSSR count). The number of alkyl halides is 2. The molecule has 7 nitrogen and oxygen atoms in total. The predicted molar refractivity (Wildman–Crippen MR) is 170 cm³/mol. The SMILES string of the molecule is C#Cc1csc2cc3[nH]ncc3c(C(=C)c3sc4nc(OCC5CC5(F)F)nc(N5CC6CCC(C5)N6)c4c3/C=C\C)c12. The van der Waals surface area contributed by atoms with Gasteiger partial charge in [-0.15, -0.1) is 29.1 Å². The molecule has 2 aliphatic heterocycles. The average Bonchev–Trinajstić information content (AvgIpc) is 3.54. The maximum absolute atomic E-state index is 13.7. The lowest BCUT2D eigenvalue weighted by molar-refractivity contribution is 0.0843. The molecular weight excluding hydrogens is 587 g/mol. The summed E-state index contributed by atoms with van der Waals surface area (Å²) in [6, 6.07) is 2.97. The number of H-pyrrole nitrogens is 1. The standard InChI is InChI=1S/C32H28F2N6OS2/c1-4-6-21-27-29(40-12-19-7-8-20(13-40)36-19)37-31(41-14-18-10-32(18,33)34)38-30(27)43-28(21)16(3)25-22-11-35-39-23(22)9-24-26(25)17(5-2)15-42-24/h2,4,6,9,11,15,18-20,36H,3,7-8,10,12-14H2,1H3,(H,35,39)/b6-4-. The number of ether oxygens (including phenoxy) is 1. The minimum absolute atomic E-state index is 0.106. The molecule has 1 aromatic carbocycles. The van der Waals surface area contributed by atoms with E-state index in [0.29, 0.717) is 12.1 Å². The second-order valence-electron chi connectivity index (χ2n) is 11.6. The minimum Gasteiger partial charge on any atom is -0.463 e. The summed E-state index contributed by atoms with van der Waals surface area (Å²) < 4.78 is 34.2. The Labute approximate surface area is 254 Å². The number of nitrogens with zero attached hydrogens (tertiary/aromatic N) is 4. The van der Waals surface area contributed by atoms with Gasteiger partial charge in [0.25, 0.3) is 5.92 Å². The number of rotatable bonds is 7. The van der Waals surface area contributed by atoms with Crippen LogP contribution in [-0.4, -0.2) is 57.9 Å². The van der Waals surface area contributed by atoms with Crippen molar-refractivity contribution in [1.82, 2.24) is 25.5 Å². The van der Waals surface area contributed by atoms with Gasteiger partial charge in [-0.3, -0.25) is 5.10 Å². The fourth-order valence-corrected chi connectivity index (χ4v) is 8.64. The smallest absolute Gasteiger partial charge is 0.319 e. The summed E-state index contributed by atoms with van der Waals surface area (Å²) >= 11 is 3.11. The lowest BCUT2D eigenvalue weighted by Gasteiger charge is -2.34. The second kappa shape index (κ2) is 9.84. The van der Waals surface area contributed by atoms with Crippen molar-refractivity contribution in [3.05, 3.63) is 51.9 Å². The van der Waals surface area contributed by atoms with E-state index in [4.69, 9.17) is 21.1 Å². The van der Waals surface area contributed by atoms with Crippen molar-refractivity contribution in [3.8, 4) is 18.4 Å². The van der Waals surface area contributed by atoms with E-state index in [-0.39, 0.29) is 19.0 Å². The zero-order valence-electron chi connectivity index (χ0n) is 23.4. The molecule has 0 radical (unpaired) electrons. The molecule has 3 aliphatic rings. The molecule has 3 atom stereocenters. The monoisotopic (exact) mass is 614 g/mol. The molecule has 2 saturated heterocycles. The van der Waals surface area contributed by atoms with Gasteiger partial charge < -0.3 is 15.0 Å². The number of halogens is 2. The van der Waals surface area contributed by atoms with Crippen molar-refractivity contribution in [2.24, 2.45) is 5.92 Å². The molecule has 2 N–H and O–H groups in total. The first kappa shape index (κ1) is 26.8. The van der Waals surface area contributed by atoms with Gasteiger partial charge in [0.1, 0.15) is 17.3 Å². The molecule has 3 unspecified atom stereocenters. The highest BCUT2D eigenvalue weighted by molar-refractivity contribution is 7.20. The third-order valence-electron chi connectivity index (χ3n) is 8.78. The van der Waals surface area contributed by atoms with E-state index in [1.807, 2.05) is 24.6 Å². The van der Waals surface area contributed by atoms with Gasteiger partial charge in [0.15, 0.2) is 0 Å². The van der Waals surface area contributed by atoms with Gasteiger partial charge >= 0.3 is 6.01 Å². The molecule has 6 heterocycles. The van der Waals surface area contributed by atoms with Crippen LogP contribution in [0.5, 0.6) is 6.01 Å². The molecule has 218 valence electrons. The van der Waals surface area contributed by atoms with Crippen LogP contribution in [0.25, 0.3) is 42.9 Å². The van der Waals surface area contributed by atoms with Crippen molar-refractivity contribution in [3.63, 3.8) is 0 Å². The number of allylic oxidation sites excluding steroid dienone is 1. The molecule has 1 aliphatic carbocycles. The molecule has 0 amide bonds. The highest BCUT2D eigenvalue weighted by Gasteiger charge is 2.57. The Morgan fingerprint density at radius 2 is 2.07 bits per heavy atom. The number of aromatic amines is 1. The number of fused-ring (bicyclic) bond motifs is 5. The molecule has 5 aromatic rings. The summed E-state index contributed by atoms with van der Waals surface area (Å²) in [6.45, 7) is 8.12. The molecular formula is C32H28F2N6OS2. The van der Waals surface area contributed by atoms with Gasteiger partial charge in [0, 0.05) is 74.0 Å². The van der Waals surface area contributed by atoms with E-state index in [9.17, 15) is 8.78 Å². The minimum atomic E-state index is -2.67. The number of benzene rings is 1. The van der Waals surface area contributed by atoms with Crippen molar-refractivity contribution in [2.45, 2.75) is 44.2 Å². The summed E-state index contributed by atoms with van der Waals surface area (Å²) in [7, 11) is 0. The quantitative estimate of drug-likeness (QED) is 0.196. The van der Waals surface area contributed by atoms with Gasteiger partial charge in [-0.1, -0.05) is 24.7 Å². The Balaban J connectivity index is 1.32. The zero-order chi connectivity index (χ0) is 29.5. The fraction of sp³-hybridized carbons (Fsp3) is 0.344. The van der Waals surface area contributed by atoms with Crippen LogP contribution in [0.15, 0.2) is 30.3 Å². The van der Waals surface area contributed by atoms with Crippen molar-refractivity contribution in [2.75, 3.05) is 24.6 Å². The summed E-state index contributed by atoms with van der Waals surface area (Å²) in [6.07, 6.45) is 13.9. The number of hydrogen-bond acceptors (Lipinski definition) is 8. The van der Waals surface area contributed by atoms with Crippen LogP contribution in [0.3, 0.4) is 0 Å². The topological polar surface area (TPSA) is 79.0 Å². The first-order valence-corrected chi connectivity index (χ1v) is 16.1. The van der Waals surface area contributed by atoms with E-state index in [0.717, 1.165) is 90.1 Å². The fourth-order valence-electron chi connectivity index (χ4n) is 6.56. The van der Waals surface area contributed by atoms with E-state index in [1.165, 1.54) is 11.3 Å². The Bertz CT molecular complexity index is 2000. The Hall–Kier alpha value is -3.85. The van der Waals surface area contributed by atoms with Gasteiger partial charge in [-0.25, -0.2) is 8.78 Å². The summed E-state index contributed by atoms with van der Waals surface area (Å²) in [4.78, 5) is 13.7. The Kier molecular flexibility index (Phi) is 6.12. The Morgan fingerprint density at radius 3 is 2.79 bits per heavy atom. The number of nitrogens with one attached hydrogen (secondary N) is 2. The molecule has 0 spiro atoms. The molecule has 43 heavy (non-hydrogen) atoms. The number of thiophene rings is 2. The Morgan fingerprint density at radius 1 is 1.28 bits per heavy atom. The number of anilines is 1. The summed E-state index contributed by atoms with van der Waals surface area (Å²) in [5.74, 6) is 0.159. The maximum Gasteiger partial charge on any atom is 0.319 e. The van der Waals surface area contributed by atoms with Crippen LogP contribution < -0.4 is 15.0 Å². The van der Waals surface area contributed by atoms with Gasteiger partial charge in [-0.2, -0.15) is 15.1 Å². The largest absolute Gasteiger partial charge is 0.463 e.